The van der Waals surface area contributed by atoms with Crippen LogP contribution < -0.4 is 5.32 Å². The first-order valence-electron chi connectivity index (χ1n) is 6.25. The van der Waals surface area contributed by atoms with Crippen LogP contribution in [0.15, 0.2) is 0 Å². The molecule has 1 rings (SSSR count). The summed E-state index contributed by atoms with van der Waals surface area (Å²) in [4.78, 5) is 10.1. The third kappa shape index (κ3) is 31.0. The van der Waals surface area contributed by atoms with Gasteiger partial charge in [0.05, 0.1) is 7.85 Å². The van der Waals surface area contributed by atoms with E-state index >= 15 is 0 Å². The third-order valence-electron chi connectivity index (χ3n) is 2.46. The molecule has 0 heterocycles. The van der Waals surface area contributed by atoms with Gasteiger partial charge in [0, 0.05) is 53.6 Å². The van der Waals surface area contributed by atoms with Gasteiger partial charge in [0.25, 0.3) is 0 Å². The van der Waals surface area contributed by atoms with Gasteiger partial charge in [0.2, 0.25) is 5.91 Å². The summed E-state index contributed by atoms with van der Waals surface area (Å²) < 4.78 is 13.7. The quantitative estimate of drug-likeness (QED) is 0.442. The Morgan fingerprint density at radius 1 is 1.17 bits per heavy atom. The Morgan fingerprint density at radius 3 is 1.87 bits per heavy atom. The minimum absolute atomic E-state index is 0. The van der Waals surface area contributed by atoms with Gasteiger partial charge in [-0.1, -0.05) is 18.7 Å². The van der Waals surface area contributed by atoms with Gasteiger partial charge in [-0.2, -0.15) is 0 Å². The van der Waals surface area contributed by atoms with Crippen LogP contribution >= 0.6 is 0 Å². The van der Waals surface area contributed by atoms with Crippen LogP contribution in [0.25, 0.3) is 0 Å². The van der Waals surface area contributed by atoms with Crippen molar-refractivity contribution >= 4 is 13.8 Å². The van der Waals surface area contributed by atoms with Gasteiger partial charge in [-0.3, -0.25) is 11.8 Å². The zero-order valence-corrected chi connectivity index (χ0v) is 19.8. The van der Waals surface area contributed by atoms with Crippen molar-refractivity contribution in [2.24, 2.45) is 5.92 Å². The van der Waals surface area contributed by atoms with Crippen LogP contribution in [0, 0.1) is 27.8 Å². The number of hydrogen-bond acceptors (Lipinski definition) is 4. The Kier molecular flexibility index (Phi) is 51.8. The molecule has 8 heteroatoms. The summed E-state index contributed by atoms with van der Waals surface area (Å²) in [6.07, 6.45) is 3.61. The molecule has 1 amide bonds. The van der Waals surface area contributed by atoms with Crippen LogP contribution in [-0.2, 0) is 58.6 Å². The molecular weight excluding hydrogens is 504 g/mol. The molecule has 1 saturated carbocycles. The number of methoxy groups -OCH3 is 3. The van der Waals surface area contributed by atoms with Crippen molar-refractivity contribution in [3.8, 4) is 0 Å². The van der Waals surface area contributed by atoms with Crippen LogP contribution in [-0.4, -0.2) is 55.4 Å². The Labute approximate surface area is 171 Å². The fourth-order valence-electron chi connectivity index (χ4n) is 1.68. The number of carbonyl (C=O) groups excluding carboxylic acids is 1. The topological polar surface area (TPSA) is 56.8 Å². The van der Waals surface area contributed by atoms with Gasteiger partial charge in [-0.25, -0.2) is 0 Å². The standard InChI is InChI=1S/C7H13BO.C4H8NO2.C2H6O.2CH3.V.W/c1-9-5-6-2-3-7(8)4-6;1-5-4(6)3-7-2;1-3-2;;;;/h6-7H,2-5H2,1H3;1,3H2,2H3,(H,5,6);1-2H3;2*1H3;;/q;-1;;2*-1;;+2. The van der Waals surface area contributed by atoms with Gasteiger partial charge < -0.3 is 34.4 Å². The molecule has 0 aliphatic heterocycles. The van der Waals surface area contributed by atoms with Crippen LogP contribution in [0.2, 0.25) is 5.82 Å². The second kappa shape index (κ2) is 30.6. The normalized spacial score (nSPS) is 17.1. The molecule has 2 atom stereocenters. The summed E-state index contributed by atoms with van der Waals surface area (Å²) in [5.74, 6) is 0.984. The molecule has 0 spiro atoms. The SMILES string of the molecule is COC.[B]C1CCC(COC)C1.[CH2-]NC(=O)COC.[CH3-].[CH3-].[V].[W+2]. The number of rotatable bonds is 4. The van der Waals surface area contributed by atoms with Gasteiger partial charge in [0.15, 0.2) is 0 Å². The average Bonchev–Trinajstić information content (AvgIpc) is 2.77. The first kappa shape index (κ1) is 39.0. The first-order chi connectivity index (χ1) is 9.05. The molecule has 2 unspecified atom stereocenters. The summed E-state index contributed by atoms with van der Waals surface area (Å²) in [5.41, 5.74) is 0. The van der Waals surface area contributed by atoms with E-state index in [9.17, 15) is 4.79 Å². The molecule has 3 radical (unpaired) electrons. The second-order valence-corrected chi connectivity index (χ2v) is 4.34. The Balaban J connectivity index is -0.0000000475. The van der Waals surface area contributed by atoms with E-state index in [1.54, 1.807) is 21.3 Å². The molecule has 5 nitrogen and oxygen atoms in total. The molecule has 0 aromatic heterocycles. The summed E-state index contributed by atoms with van der Waals surface area (Å²) in [7, 11) is 15.3. The molecular formula is C15H33BNO4VW-. The van der Waals surface area contributed by atoms with E-state index in [2.05, 4.69) is 21.8 Å². The van der Waals surface area contributed by atoms with Crippen LogP contribution in [0.1, 0.15) is 19.3 Å². The molecule has 23 heavy (non-hydrogen) atoms. The van der Waals surface area contributed by atoms with E-state index in [0.717, 1.165) is 18.9 Å². The summed E-state index contributed by atoms with van der Waals surface area (Å²) in [6.45, 7) is 0.983. The molecule has 137 valence electrons. The van der Waals surface area contributed by atoms with Crippen molar-refractivity contribution in [3.63, 3.8) is 0 Å². The van der Waals surface area contributed by atoms with E-state index in [4.69, 9.17) is 12.6 Å². The monoisotopic (exact) mass is 537 g/mol. The van der Waals surface area contributed by atoms with Crippen molar-refractivity contribution in [1.29, 1.82) is 0 Å². The van der Waals surface area contributed by atoms with Crippen LogP contribution in [0.4, 0.5) is 0 Å². The minimum atomic E-state index is -0.206. The van der Waals surface area contributed by atoms with Crippen LogP contribution in [0.5, 0.6) is 0 Å². The molecule has 0 aromatic rings. The summed E-state index contributed by atoms with van der Waals surface area (Å²) >= 11 is 0. The van der Waals surface area contributed by atoms with Gasteiger partial charge in [-0.15, -0.1) is 0 Å². The number of amides is 1. The number of hydrogen-bond donors (Lipinski definition) is 1. The maximum absolute atomic E-state index is 10.1. The maximum atomic E-state index is 10.1. The predicted molar refractivity (Wildman–Crippen MR) is 89.9 cm³/mol. The Bertz CT molecular complexity index is 216. The van der Waals surface area contributed by atoms with E-state index < -0.39 is 0 Å². The van der Waals surface area contributed by atoms with Gasteiger partial charge >= 0.3 is 21.1 Å². The number of carbonyl (C=O) groups is 1. The van der Waals surface area contributed by atoms with E-state index in [1.165, 1.54) is 20.0 Å². The van der Waals surface area contributed by atoms with Crippen molar-refractivity contribution in [2.75, 3.05) is 41.7 Å². The summed E-state index contributed by atoms with van der Waals surface area (Å²) in [6, 6.07) is 0. The van der Waals surface area contributed by atoms with Crippen molar-refractivity contribution in [3.05, 3.63) is 21.9 Å². The smallest absolute Gasteiger partial charge is 0.506 e. The Morgan fingerprint density at radius 2 is 1.65 bits per heavy atom. The van der Waals surface area contributed by atoms with E-state index in [0.29, 0.717) is 5.82 Å². The second-order valence-electron chi connectivity index (χ2n) is 4.34. The van der Waals surface area contributed by atoms with E-state index in [-0.39, 0.29) is 67.0 Å². The third-order valence-corrected chi connectivity index (χ3v) is 2.46. The molecule has 1 aliphatic rings. The van der Waals surface area contributed by atoms with Crippen molar-refractivity contribution in [1.82, 2.24) is 5.32 Å². The maximum Gasteiger partial charge on any atom is 2.00 e. The van der Waals surface area contributed by atoms with Crippen molar-refractivity contribution < 1.29 is 58.6 Å². The van der Waals surface area contributed by atoms with Gasteiger partial charge in [0.1, 0.15) is 6.61 Å². The largest absolute Gasteiger partial charge is 2.00 e. The average molecular weight is 537 g/mol. The Hall–Kier alpha value is 0.688. The van der Waals surface area contributed by atoms with Crippen LogP contribution in [0.3, 0.4) is 0 Å². The number of nitrogens with one attached hydrogen (secondary N) is 1. The minimum Gasteiger partial charge on any atom is -0.506 e. The molecule has 0 saturated heterocycles. The van der Waals surface area contributed by atoms with E-state index in [1.807, 2.05) is 0 Å². The zero-order valence-electron chi connectivity index (χ0n) is 15.5. The number of ether oxygens (including phenoxy) is 3. The molecule has 0 aromatic carbocycles. The molecule has 1 fully saturated rings. The fourth-order valence-corrected chi connectivity index (χ4v) is 1.68. The predicted octanol–water partition coefficient (Wildman–Crippen LogP) is 2.09. The molecule has 1 aliphatic carbocycles. The van der Waals surface area contributed by atoms with Crippen molar-refractivity contribution in [2.45, 2.75) is 25.1 Å². The first-order valence-corrected chi connectivity index (χ1v) is 6.25. The fraction of sp³-hybridized carbons (Fsp3) is 0.733. The molecule has 0 bridgehead atoms. The summed E-state index contributed by atoms with van der Waals surface area (Å²) in [5, 5.41) is 2.15. The zero-order chi connectivity index (χ0) is 15.1. The van der Waals surface area contributed by atoms with Gasteiger partial charge in [-0.05, 0) is 12.3 Å². The molecule has 1 N–H and O–H groups in total.